The number of anilines is 1. The standard InChI is InChI=1S/C10H14N6/c11-8(6-7-4-2-1-3-5-7)9-14-15-10(12)16(9)13/h1-5,8H,6,11,13H2,(H2,12,15). The molecule has 0 spiro atoms. The highest BCUT2D eigenvalue weighted by Crippen LogP contribution is 2.13. The van der Waals surface area contributed by atoms with Crippen LogP contribution < -0.4 is 17.3 Å². The zero-order valence-electron chi connectivity index (χ0n) is 8.74. The van der Waals surface area contributed by atoms with Gasteiger partial charge in [0.2, 0.25) is 5.95 Å². The van der Waals surface area contributed by atoms with Crippen LogP contribution in [0.15, 0.2) is 30.3 Å². The summed E-state index contributed by atoms with van der Waals surface area (Å²) >= 11 is 0. The zero-order chi connectivity index (χ0) is 11.5. The number of rotatable bonds is 3. The minimum Gasteiger partial charge on any atom is -0.366 e. The molecule has 2 aromatic rings. The Bertz CT molecular complexity index is 463. The molecule has 0 aliphatic rings. The van der Waals surface area contributed by atoms with E-state index < -0.39 is 0 Å². The van der Waals surface area contributed by atoms with Crippen LogP contribution in [0.1, 0.15) is 17.4 Å². The third kappa shape index (κ3) is 1.96. The van der Waals surface area contributed by atoms with Crippen LogP contribution in [0.5, 0.6) is 0 Å². The quantitative estimate of drug-likeness (QED) is 0.619. The smallest absolute Gasteiger partial charge is 0.240 e. The number of aromatic nitrogens is 3. The Morgan fingerprint density at radius 1 is 1.19 bits per heavy atom. The third-order valence-electron chi connectivity index (χ3n) is 2.38. The van der Waals surface area contributed by atoms with Gasteiger partial charge in [-0.15, -0.1) is 10.2 Å². The first-order valence-corrected chi connectivity index (χ1v) is 4.94. The lowest BCUT2D eigenvalue weighted by molar-refractivity contribution is 0.643. The summed E-state index contributed by atoms with van der Waals surface area (Å²) in [6.07, 6.45) is 0.649. The highest BCUT2D eigenvalue weighted by atomic mass is 15.4. The average Bonchev–Trinajstić information content (AvgIpc) is 2.61. The fourth-order valence-electron chi connectivity index (χ4n) is 1.53. The molecular weight excluding hydrogens is 204 g/mol. The molecule has 1 heterocycles. The van der Waals surface area contributed by atoms with E-state index in [0.29, 0.717) is 12.2 Å². The normalized spacial score (nSPS) is 12.6. The van der Waals surface area contributed by atoms with Gasteiger partial charge < -0.3 is 17.3 Å². The Balaban J connectivity index is 2.15. The van der Waals surface area contributed by atoms with Crippen LogP contribution in [-0.2, 0) is 6.42 Å². The van der Waals surface area contributed by atoms with Crippen LogP contribution in [-0.4, -0.2) is 14.9 Å². The number of nitrogen functional groups attached to an aromatic ring is 2. The van der Waals surface area contributed by atoms with Gasteiger partial charge in [0.05, 0.1) is 6.04 Å². The molecule has 0 fully saturated rings. The topological polar surface area (TPSA) is 109 Å². The van der Waals surface area contributed by atoms with E-state index in [-0.39, 0.29) is 12.0 Å². The summed E-state index contributed by atoms with van der Waals surface area (Å²) in [7, 11) is 0. The zero-order valence-corrected chi connectivity index (χ0v) is 8.74. The summed E-state index contributed by atoms with van der Waals surface area (Å²) in [5.41, 5.74) is 12.6. The van der Waals surface area contributed by atoms with E-state index in [4.69, 9.17) is 17.3 Å². The molecule has 2 rings (SSSR count). The minimum absolute atomic E-state index is 0.165. The van der Waals surface area contributed by atoms with E-state index in [9.17, 15) is 0 Å². The highest BCUT2D eigenvalue weighted by Gasteiger charge is 2.15. The predicted octanol–water partition coefficient (Wildman–Crippen LogP) is -0.183. The van der Waals surface area contributed by atoms with Crippen molar-refractivity contribution in [2.45, 2.75) is 12.5 Å². The first-order chi connectivity index (χ1) is 7.68. The van der Waals surface area contributed by atoms with Crippen LogP contribution in [0.25, 0.3) is 0 Å². The molecule has 6 heteroatoms. The molecule has 0 saturated heterocycles. The fourth-order valence-corrected chi connectivity index (χ4v) is 1.53. The highest BCUT2D eigenvalue weighted by molar-refractivity contribution is 5.21. The predicted molar refractivity (Wildman–Crippen MR) is 61.7 cm³/mol. The van der Waals surface area contributed by atoms with Gasteiger partial charge in [-0.05, 0) is 12.0 Å². The van der Waals surface area contributed by atoms with Crippen molar-refractivity contribution in [2.24, 2.45) is 5.73 Å². The van der Waals surface area contributed by atoms with Crippen molar-refractivity contribution < 1.29 is 0 Å². The van der Waals surface area contributed by atoms with E-state index in [0.717, 1.165) is 5.56 Å². The van der Waals surface area contributed by atoms with Crippen molar-refractivity contribution in [3.63, 3.8) is 0 Å². The Kier molecular flexibility index (Phi) is 2.74. The molecule has 0 bridgehead atoms. The van der Waals surface area contributed by atoms with Crippen molar-refractivity contribution in [2.75, 3.05) is 11.6 Å². The SMILES string of the molecule is Nc1nnc(C(N)Cc2ccccc2)n1N. The van der Waals surface area contributed by atoms with Crippen molar-refractivity contribution >= 4 is 5.95 Å². The first-order valence-electron chi connectivity index (χ1n) is 4.94. The lowest BCUT2D eigenvalue weighted by atomic mass is 10.1. The molecule has 0 aliphatic carbocycles. The number of hydrogen-bond donors (Lipinski definition) is 3. The van der Waals surface area contributed by atoms with Gasteiger partial charge >= 0.3 is 0 Å². The molecule has 84 valence electrons. The van der Waals surface area contributed by atoms with E-state index in [2.05, 4.69) is 10.2 Å². The number of hydrogen-bond acceptors (Lipinski definition) is 5. The van der Waals surface area contributed by atoms with E-state index in [1.165, 1.54) is 4.68 Å². The molecule has 0 aliphatic heterocycles. The number of nitrogens with two attached hydrogens (primary N) is 3. The van der Waals surface area contributed by atoms with Crippen molar-refractivity contribution in [3.8, 4) is 0 Å². The van der Waals surface area contributed by atoms with E-state index in [1.807, 2.05) is 30.3 Å². The lowest BCUT2D eigenvalue weighted by Crippen LogP contribution is -2.23. The van der Waals surface area contributed by atoms with Crippen LogP contribution >= 0.6 is 0 Å². The number of nitrogens with zero attached hydrogens (tertiary/aromatic N) is 3. The molecule has 0 saturated carbocycles. The number of benzene rings is 1. The molecule has 1 atom stereocenters. The minimum atomic E-state index is -0.308. The van der Waals surface area contributed by atoms with Crippen LogP contribution in [0.3, 0.4) is 0 Å². The summed E-state index contributed by atoms with van der Waals surface area (Å²) in [6.45, 7) is 0. The Hall–Kier alpha value is -2.08. The van der Waals surface area contributed by atoms with Crippen LogP contribution in [0, 0.1) is 0 Å². The van der Waals surface area contributed by atoms with Crippen molar-refractivity contribution in [3.05, 3.63) is 41.7 Å². The summed E-state index contributed by atoms with van der Waals surface area (Å²) in [6, 6.07) is 9.57. The molecule has 1 aromatic carbocycles. The van der Waals surface area contributed by atoms with Gasteiger partial charge in [-0.3, -0.25) is 0 Å². The van der Waals surface area contributed by atoms with Crippen LogP contribution in [0.2, 0.25) is 0 Å². The maximum absolute atomic E-state index is 5.98. The Morgan fingerprint density at radius 3 is 2.44 bits per heavy atom. The fraction of sp³-hybridized carbons (Fsp3) is 0.200. The maximum Gasteiger partial charge on any atom is 0.240 e. The Morgan fingerprint density at radius 2 is 1.88 bits per heavy atom. The monoisotopic (exact) mass is 218 g/mol. The summed E-state index contributed by atoms with van der Waals surface area (Å²) < 4.78 is 1.22. The molecule has 0 amide bonds. The van der Waals surface area contributed by atoms with Gasteiger partial charge in [-0.25, -0.2) is 4.68 Å². The van der Waals surface area contributed by atoms with Gasteiger partial charge in [-0.2, -0.15) is 0 Å². The van der Waals surface area contributed by atoms with Crippen molar-refractivity contribution in [1.29, 1.82) is 0 Å². The van der Waals surface area contributed by atoms with Gasteiger partial charge in [0, 0.05) is 0 Å². The first kappa shape index (κ1) is 10.4. The largest absolute Gasteiger partial charge is 0.366 e. The van der Waals surface area contributed by atoms with Gasteiger partial charge in [0.1, 0.15) is 0 Å². The second-order valence-electron chi connectivity index (χ2n) is 3.58. The second kappa shape index (κ2) is 4.19. The Labute approximate surface area is 93.0 Å². The second-order valence-corrected chi connectivity index (χ2v) is 3.58. The molecule has 1 aromatic heterocycles. The molecule has 6 N–H and O–H groups in total. The maximum atomic E-state index is 5.98. The lowest BCUT2D eigenvalue weighted by Gasteiger charge is -2.10. The van der Waals surface area contributed by atoms with E-state index >= 15 is 0 Å². The van der Waals surface area contributed by atoms with E-state index in [1.54, 1.807) is 0 Å². The molecule has 1 unspecified atom stereocenters. The molecule has 16 heavy (non-hydrogen) atoms. The van der Waals surface area contributed by atoms with Crippen molar-refractivity contribution in [1.82, 2.24) is 14.9 Å². The average molecular weight is 218 g/mol. The summed E-state index contributed by atoms with van der Waals surface area (Å²) in [4.78, 5) is 0. The van der Waals surface area contributed by atoms with Gasteiger partial charge in [0.25, 0.3) is 0 Å². The molecule has 6 nitrogen and oxygen atoms in total. The van der Waals surface area contributed by atoms with Crippen LogP contribution in [0.4, 0.5) is 5.95 Å². The molecular formula is C10H14N6. The summed E-state index contributed by atoms with van der Waals surface area (Å²) in [5.74, 6) is 6.30. The third-order valence-corrected chi connectivity index (χ3v) is 2.38. The summed E-state index contributed by atoms with van der Waals surface area (Å²) in [5, 5.41) is 7.51. The van der Waals surface area contributed by atoms with Gasteiger partial charge in [-0.1, -0.05) is 30.3 Å². The van der Waals surface area contributed by atoms with Gasteiger partial charge in [0.15, 0.2) is 5.82 Å². The molecule has 0 radical (unpaired) electrons.